The molecule has 1 aliphatic rings. The van der Waals surface area contributed by atoms with Crippen LogP contribution in [0.1, 0.15) is 0 Å². The number of aryl methyl sites for hydroxylation is 1. The Morgan fingerprint density at radius 3 is 2.70 bits per heavy atom. The molecule has 2 unspecified atom stereocenters. The number of hydrogen-bond donors (Lipinski definition) is 1. The van der Waals surface area contributed by atoms with Crippen LogP contribution in [0.4, 0.5) is 0 Å². The standard InChI is InChI=1S/C14H26N4O4S/c1-16(4-5-22-3)7-12-8-18(9-13(12)11-19)23(20,21)14-6-15-17(2)10-14/h6,10,12-13,19H,4-5,7-9,11H2,1-3H3. The van der Waals surface area contributed by atoms with Gasteiger partial charge in [-0.05, 0) is 13.0 Å². The number of sulfonamides is 1. The highest BCUT2D eigenvalue weighted by molar-refractivity contribution is 7.89. The van der Waals surface area contributed by atoms with E-state index in [0.29, 0.717) is 19.7 Å². The van der Waals surface area contributed by atoms with Crippen molar-refractivity contribution in [3.05, 3.63) is 12.4 Å². The number of nitrogens with zero attached hydrogens (tertiary/aromatic N) is 4. The van der Waals surface area contributed by atoms with Crippen LogP contribution in [-0.2, 0) is 21.8 Å². The van der Waals surface area contributed by atoms with Gasteiger partial charge in [-0.2, -0.15) is 9.40 Å². The Labute approximate surface area is 137 Å². The summed E-state index contributed by atoms with van der Waals surface area (Å²) in [6.45, 7) is 2.89. The molecule has 0 aromatic carbocycles. The van der Waals surface area contributed by atoms with Crippen LogP contribution in [0.25, 0.3) is 0 Å². The molecule has 1 aromatic rings. The summed E-state index contributed by atoms with van der Waals surface area (Å²) in [5, 5.41) is 13.5. The number of aliphatic hydroxyl groups is 1. The summed E-state index contributed by atoms with van der Waals surface area (Å²) in [7, 11) is 1.77. The van der Waals surface area contributed by atoms with Crippen molar-refractivity contribution in [2.75, 3.05) is 53.6 Å². The second-order valence-corrected chi connectivity index (χ2v) is 8.07. The van der Waals surface area contributed by atoms with Gasteiger partial charge in [0.2, 0.25) is 10.0 Å². The van der Waals surface area contributed by atoms with Crippen LogP contribution in [0.3, 0.4) is 0 Å². The van der Waals surface area contributed by atoms with Gasteiger partial charge in [-0.1, -0.05) is 0 Å². The maximum Gasteiger partial charge on any atom is 0.246 e. The smallest absolute Gasteiger partial charge is 0.246 e. The molecule has 1 saturated heterocycles. The fourth-order valence-corrected chi connectivity index (χ4v) is 4.47. The van der Waals surface area contributed by atoms with Crippen LogP contribution in [0.2, 0.25) is 0 Å². The zero-order valence-corrected chi connectivity index (χ0v) is 14.7. The molecule has 0 spiro atoms. The van der Waals surface area contributed by atoms with E-state index in [0.717, 1.165) is 13.1 Å². The van der Waals surface area contributed by atoms with Crippen molar-refractivity contribution < 1.29 is 18.3 Å². The maximum absolute atomic E-state index is 12.7. The maximum atomic E-state index is 12.7. The van der Waals surface area contributed by atoms with E-state index in [1.54, 1.807) is 14.2 Å². The van der Waals surface area contributed by atoms with Crippen LogP contribution in [0.15, 0.2) is 17.3 Å². The Morgan fingerprint density at radius 2 is 2.13 bits per heavy atom. The summed E-state index contributed by atoms with van der Waals surface area (Å²) in [6, 6.07) is 0. The summed E-state index contributed by atoms with van der Waals surface area (Å²) >= 11 is 0. The lowest BCUT2D eigenvalue weighted by molar-refractivity contribution is 0.136. The predicted octanol–water partition coefficient (Wildman–Crippen LogP) is -0.773. The number of rotatable bonds is 8. The fourth-order valence-electron chi connectivity index (χ4n) is 2.93. The predicted molar refractivity (Wildman–Crippen MR) is 85.4 cm³/mol. The van der Waals surface area contributed by atoms with E-state index >= 15 is 0 Å². The number of likely N-dealkylation sites (N-methyl/N-ethyl adjacent to an activating group) is 1. The first kappa shape index (κ1) is 18.3. The lowest BCUT2D eigenvalue weighted by atomic mass is 9.96. The Kier molecular flexibility index (Phi) is 6.15. The Morgan fingerprint density at radius 1 is 1.43 bits per heavy atom. The molecule has 1 aliphatic heterocycles. The highest BCUT2D eigenvalue weighted by Gasteiger charge is 2.39. The molecule has 0 bridgehead atoms. The van der Waals surface area contributed by atoms with Gasteiger partial charge in [-0.3, -0.25) is 4.68 Å². The molecule has 8 nitrogen and oxygen atoms in total. The second-order valence-electron chi connectivity index (χ2n) is 6.13. The van der Waals surface area contributed by atoms with Crippen molar-refractivity contribution in [3.8, 4) is 0 Å². The number of hydrogen-bond acceptors (Lipinski definition) is 6. The van der Waals surface area contributed by atoms with Gasteiger partial charge in [-0.25, -0.2) is 8.42 Å². The molecule has 2 atom stereocenters. The number of ether oxygens (including phenoxy) is 1. The average molecular weight is 346 g/mol. The summed E-state index contributed by atoms with van der Waals surface area (Å²) in [5.74, 6) is 0.0553. The first-order chi connectivity index (χ1) is 10.9. The van der Waals surface area contributed by atoms with Gasteiger partial charge in [0.15, 0.2) is 0 Å². The van der Waals surface area contributed by atoms with Gasteiger partial charge in [0.1, 0.15) is 4.90 Å². The molecule has 1 aromatic heterocycles. The lowest BCUT2D eigenvalue weighted by Gasteiger charge is -2.23. The highest BCUT2D eigenvalue weighted by Crippen LogP contribution is 2.28. The molecule has 1 N–H and O–H groups in total. The molecule has 132 valence electrons. The molecule has 0 aliphatic carbocycles. The van der Waals surface area contributed by atoms with Crippen molar-refractivity contribution in [2.45, 2.75) is 4.90 Å². The number of aromatic nitrogens is 2. The molecule has 9 heteroatoms. The number of methoxy groups -OCH3 is 1. The Hall–Kier alpha value is -1.00. The molecule has 23 heavy (non-hydrogen) atoms. The molecular formula is C14H26N4O4S. The van der Waals surface area contributed by atoms with Gasteiger partial charge in [0.05, 0.1) is 12.8 Å². The average Bonchev–Trinajstić information content (AvgIpc) is 3.12. The van der Waals surface area contributed by atoms with Crippen molar-refractivity contribution in [2.24, 2.45) is 18.9 Å². The zero-order valence-electron chi connectivity index (χ0n) is 13.9. The minimum Gasteiger partial charge on any atom is -0.396 e. The van der Waals surface area contributed by atoms with E-state index in [1.165, 1.54) is 21.4 Å². The summed E-state index contributed by atoms with van der Waals surface area (Å²) in [4.78, 5) is 2.31. The molecular weight excluding hydrogens is 320 g/mol. The molecule has 0 saturated carbocycles. The second kappa shape index (κ2) is 7.71. The van der Waals surface area contributed by atoms with Crippen molar-refractivity contribution in [3.63, 3.8) is 0 Å². The SMILES string of the molecule is COCCN(C)CC1CN(S(=O)(=O)c2cnn(C)c2)CC1CO. The van der Waals surface area contributed by atoms with Gasteiger partial charge in [-0.15, -0.1) is 0 Å². The van der Waals surface area contributed by atoms with Crippen LogP contribution in [0.5, 0.6) is 0 Å². The first-order valence-electron chi connectivity index (χ1n) is 7.65. The van der Waals surface area contributed by atoms with Crippen molar-refractivity contribution in [1.82, 2.24) is 19.0 Å². The van der Waals surface area contributed by atoms with Gasteiger partial charge >= 0.3 is 0 Å². The largest absolute Gasteiger partial charge is 0.396 e. The molecule has 2 heterocycles. The third-order valence-corrected chi connectivity index (χ3v) is 6.10. The Bertz CT molecular complexity index is 604. The third-order valence-electron chi connectivity index (χ3n) is 4.32. The van der Waals surface area contributed by atoms with Crippen LogP contribution in [-0.4, -0.2) is 86.1 Å². The molecule has 0 amide bonds. The topological polar surface area (TPSA) is 87.9 Å². The van der Waals surface area contributed by atoms with E-state index in [9.17, 15) is 13.5 Å². The molecule has 1 fully saturated rings. The highest BCUT2D eigenvalue weighted by atomic mass is 32.2. The van der Waals surface area contributed by atoms with Gasteiger partial charge in [0.25, 0.3) is 0 Å². The van der Waals surface area contributed by atoms with Crippen molar-refractivity contribution in [1.29, 1.82) is 0 Å². The summed E-state index contributed by atoms with van der Waals surface area (Å²) in [6.07, 6.45) is 2.86. The minimum absolute atomic E-state index is 0.0121. The van der Waals surface area contributed by atoms with Crippen LogP contribution in [0, 0.1) is 11.8 Å². The Balaban J connectivity index is 2.06. The summed E-state index contributed by atoms with van der Waals surface area (Å²) in [5.41, 5.74) is 0. The van der Waals surface area contributed by atoms with E-state index in [4.69, 9.17) is 4.74 Å². The summed E-state index contributed by atoms with van der Waals surface area (Å²) < 4.78 is 33.3. The van der Waals surface area contributed by atoms with E-state index in [-0.39, 0.29) is 23.3 Å². The third kappa shape index (κ3) is 4.30. The molecule has 2 rings (SSSR count). The first-order valence-corrected chi connectivity index (χ1v) is 9.09. The normalized spacial score (nSPS) is 23.0. The fraction of sp³-hybridized carbons (Fsp3) is 0.786. The van der Waals surface area contributed by atoms with E-state index < -0.39 is 10.0 Å². The van der Waals surface area contributed by atoms with Crippen molar-refractivity contribution >= 4 is 10.0 Å². The van der Waals surface area contributed by atoms with Gasteiger partial charge < -0.3 is 14.7 Å². The van der Waals surface area contributed by atoms with E-state index in [2.05, 4.69) is 10.00 Å². The quantitative estimate of drug-likeness (QED) is 0.665. The zero-order chi connectivity index (χ0) is 17.0. The monoisotopic (exact) mass is 346 g/mol. The van der Waals surface area contributed by atoms with E-state index in [1.807, 2.05) is 7.05 Å². The minimum atomic E-state index is -3.55. The number of aliphatic hydroxyl groups excluding tert-OH is 1. The van der Waals surface area contributed by atoms with Crippen LogP contribution < -0.4 is 0 Å². The van der Waals surface area contributed by atoms with Gasteiger partial charge in [0, 0.05) is 59.1 Å². The van der Waals surface area contributed by atoms with Crippen LogP contribution >= 0.6 is 0 Å². The molecule has 0 radical (unpaired) electrons. The lowest BCUT2D eigenvalue weighted by Crippen LogP contribution is -2.33.